The summed E-state index contributed by atoms with van der Waals surface area (Å²) in [4.78, 5) is 0. The van der Waals surface area contributed by atoms with E-state index in [9.17, 15) is 4.39 Å². The van der Waals surface area contributed by atoms with Gasteiger partial charge in [0, 0.05) is 14.5 Å². The fourth-order valence-electron chi connectivity index (χ4n) is 1.74. The molecule has 0 radical (unpaired) electrons. The smallest absolute Gasteiger partial charge is 0.129 e. The topological polar surface area (TPSA) is 0 Å². The maximum Gasteiger partial charge on any atom is 0.129 e. The molecular formula is C14H9Br2Cl2F. The van der Waals surface area contributed by atoms with Crippen LogP contribution in [0, 0.1) is 12.7 Å². The van der Waals surface area contributed by atoms with E-state index in [1.165, 1.54) is 6.07 Å². The van der Waals surface area contributed by atoms with Crippen molar-refractivity contribution in [3.8, 4) is 0 Å². The third-order valence-electron chi connectivity index (χ3n) is 2.74. The van der Waals surface area contributed by atoms with Crippen molar-refractivity contribution in [3.05, 3.63) is 66.8 Å². The molecule has 100 valence electrons. The third kappa shape index (κ3) is 3.33. The molecule has 0 spiro atoms. The zero-order valence-corrected chi connectivity index (χ0v) is 14.5. The largest absolute Gasteiger partial charge is 0.207 e. The number of alkyl halides is 1. The first-order valence-corrected chi connectivity index (χ1v) is 7.84. The number of hydrogen-bond donors (Lipinski definition) is 0. The van der Waals surface area contributed by atoms with Crippen molar-refractivity contribution in [2.75, 3.05) is 0 Å². The Hall–Kier alpha value is -0.0900. The highest BCUT2D eigenvalue weighted by Crippen LogP contribution is 2.38. The number of rotatable bonds is 2. The minimum atomic E-state index is -0.597. The predicted molar refractivity (Wildman–Crippen MR) is 85.7 cm³/mol. The molecule has 0 saturated carbocycles. The Labute approximate surface area is 138 Å². The molecule has 0 aliphatic carbocycles. The van der Waals surface area contributed by atoms with Crippen LogP contribution in [-0.4, -0.2) is 0 Å². The van der Waals surface area contributed by atoms with Gasteiger partial charge in [-0.3, -0.25) is 0 Å². The molecule has 0 amide bonds. The number of aryl methyl sites for hydroxylation is 1. The van der Waals surface area contributed by atoms with E-state index in [1.54, 1.807) is 6.07 Å². The zero-order valence-electron chi connectivity index (χ0n) is 9.85. The average Bonchev–Trinajstić information content (AvgIpc) is 2.33. The third-order valence-corrected chi connectivity index (χ3v) is 5.10. The minimum Gasteiger partial charge on any atom is -0.207 e. The lowest BCUT2D eigenvalue weighted by molar-refractivity contribution is 0.611. The molecule has 0 aliphatic rings. The number of halogens is 5. The van der Waals surface area contributed by atoms with Crippen LogP contribution < -0.4 is 0 Å². The van der Waals surface area contributed by atoms with Gasteiger partial charge >= 0.3 is 0 Å². The van der Waals surface area contributed by atoms with E-state index in [2.05, 4.69) is 31.9 Å². The van der Waals surface area contributed by atoms with Crippen molar-refractivity contribution in [3.63, 3.8) is 0 Å². The lowest BCUT2D eigenvalue weighted by Crippen LogP contribution is -1.99. The Kier molecular flexibility index (Phi) is 4.93. The van der Waals surface area contributed by atoms with Gasteiger partial charge in [-0.15, -0.1) is 11.6 Å². The molecule has 0 saturated heterocycles. The summed E-state index contributed by atoms with van der Waals surface area (Å²) >= 11 is 19.0. The molecule has 1 atom stereocenters. The van der Waals surface area contributed by atoms with E-state index in [0.29, 0.717) is 15.1 Å². The van der Waals surface area contributed by atoms with Gasteiger partial charge in [-0.2, -0.15) is 0 Å². The molecule has 0 aromatic heterocycles. The predicted octanol–water partition coefficient (Wildman–Crippen LogP) is 6.64. The van der Waals surface area contributed by atoms with Crippen LogP contribution in [0.15, 0.2) is 39.3 Å². The van der Waals surface area contributed by atoms with Crippen LogP contribution in [-0.2, 0) is 0 Å². The summed E-state index contributed by atoms with van der Waals surface area (Å²) in [5, 5.41) is -0.161. The van der Waals surface area contributed by atoms with E-state index < -0.39 is 5.38 Å². The van der Waals surface area contributed by atoms with E-state index in [4.69, 9.17) is 23.2 Å². The van der Waals surface area contributed by atoms with E-state index >= 15 is 0 Å². The van der Waals surface area contributed by atoms with Crippen LogP contribution in [0.3, 0.4) is 0 Å². The Morgan fingerprint density at radius 3 is 2.37 bits per heavy atom. The fourth-order valence-corrected chi connectivity index (χ4v) is 3.44. The summed E-state index contributed by atoms with van der Waals surface area (Å²) in [6.45, 7) is 1.98. The quantitative estimate of drug-likeness (QED) is 0.373. The van der Waals surface area contributed by atoms with Crippen LogP contribution in [0.25, 0.3) is 0 Å². The molecule has 2 aromatic rings. The standard InChI is InChI=1S/C14H9Br2Cl2F/c1-7-2-3-8(10(15)4-7)14(18)9-5-12(17)11(16)6-13(9)19/h2-6,14H,1H3. The maximum atomic E-state index is 14.0. The Balaban J connectivity index is 2.49. The van der Waals surface area contributed by atoms with Crippen molar-refractivity contribution >= 4 is 55.1 Å². The second-order valence-electron chi connectivity index (χ2n) is 4.18. The molecule has 2 rings (SSSR count). The van der Waals surface area contributed by atoms with E-state index in [-0.39, 0.29) is 5.82 Å². The van der Waals surface area contributed by atoms with Crippen LogP contribution in [0.4, 0.5) is 4.39 Å². The lowest BCUT2D eigenvalue weighted by Gasteiger charge is -2.14. The van der Waals surface area contributed by atoms with Crippen LogP contribution in [0.5, 0.6) is 0 Å². The first kappa shape index (κ1) is 15.3. The fraction of sp³-hybridized carbons (Fsp3) is 0.143. The summed E-state index contributed by atoms with van der Waals surface area (Å²) in [7, 11) is 0. The van der Waals surface area contributed by atoms with Gasteiger partial charge in [-0.05, 0) is 52.2 Å². The summed E-state index contributed by atoms with van der Waals surface area (Å²) in [5.74, 6) is -0.385. The van der Waals surface area contributed by atoms with Gasteiger partial charge < -0.3 is 0 Å². The van der Waals surface area contributed by atoms with E-state index in [0.717, 1.165) is 15.6 Å². The van der Waals surface area contributed by atoms with Gasteiger partial charge in [0.2, 0.25) is 0 Å². The van der Waals surface area contributed by atoms with Gasteiger partial charge in [-0.25, -0.2) is 4.39 Å². The number of hydrogen-bond acceptors (Lipinski definition) is 0. The minimum absolute atomic E-state index is 0.361. The average molecular weight is 427 g/mol. The van der Waals surface area contributed by atoms with Gasteiger partial charge in [-0.1, -0.05) is 39.7 Å². The SMILES string of the molecule is Cc1ccc(C(Cl)c2cc(Cl)c(Br)cc2F)c(Br)c1. The molecule has 19 heavy (non-hydrogen) atoms. The zero-order chi connectivity index (χ0) is 14.2. The molecule has 0 N–H and O–H groups in total. The van der Waals surface area contributed by atoms with Crippen molar-refractivity contribution < 1.29 is 4.39 Å². The van der Waals surface area contributed by atoms with Crippen LogP contribution >= 0.6 is 55.1 Å². The molecule has 0 nitrogen and oxygen atoms in total. The summed E-state index contributed by atoms with van der Waals surface area (Å²) in [6.07, 6.45) is 0. The maximum absolute atomic E-state index is 14.0. The Morgan fingerprint density at radius 2 is 1.74 bits per heavy atom. The molecular weight excluding hydrogens is 418 g/mol. The molecule has 5 heteroatoms. The van der Waals surface area contributed by atoms with Crippen molar-refractivity contribution in [1.29, 1.82) is 0 Å². The van der Waals surface area contributed by atoms with Gasteiger partial charge in [0.1, 0.15) is 5.82 Å². The van der Waals surface area contributed by atoms with Gasteiger partial charge in [0.15, 0.2) is 0 Å². The second kappa shape index (κ2) is 6.13. The van der Waals surface area contributed by atoms with Gasteiger partial charge in [0.25, 0.3) is 0 Å². The molecule has 1 unspecified atom stereocenters. The highest BCUT2D eigenvalue weighted by molar-refractivity contribution is 9.10. The lowest BCUT2D eigenvalue weighted by atomic mass is 10.0. The normalized spacial score (nSPS) is 12.5. The first-order chi connectivity index (χ1) is 8.90. The van der Waals surface area contributed by atoms with Crippen molar-refractivity contribution in [2.24, 2.45) is 0 Å². The highest BCUT2D eigenvalue weighted by atomic mass is 79.9. The first-order valence-electron chi connectivity index (χ1n) is 5.44. The molecule has 2 aromatic carbocycles. The van der Waals surface area contributed by atoms with Crippen molar-refractivity contribution in [1.82, 2.24) is 0 Å². The van der Waals surface area contributed by atoms with E-state index in [1.807, 2.05) is 25.1 Å². The summed E-state index contributed by atoms with van der Waals surface area (Å²) in [6, 6.07) is 8.64. The summed E-state index contributed by atoms with van der Waals surface area (Å²) in [5.41, 5.74) is 2.28. The molecule has 0 aliphatic heterocycles. The monoisotopic (exact) mass is 424 g/mol. The Bertz CT molecular complexity index is 629. The van der Waals surface area contributed by atoms with Crippen molar-refractivity contribution in [2.45, 2.75) is 12.3 Å². The highest BCUT2D eigenvalue weighted by Gasteiger charge is 2.19. The molecule has 0 bridgehead atoms. The molecule has 0 fully saturated rings. The second-order valence-corrected chi connectivity index (χ2v) is 6.73. The summed E-state index contributed by atoms with van der Waals surface area (Å²) < 4.78 is 15.4. The molecule has 0 heterocycles. The van der Waals surface area contributed by atoms with Crippen LogP contribution in [0.2, 0.25) is 5.02 Å². The van der Waals surface area contributed by atoms with Gasteiger partial charge in [0.05, 0.1) is 10.4 Å². The Morgan fingerprint density at radius 1 is 1.05 bits per heavy atom. The van der Waals surface area contributed by atoms with Crippen LogP contribution in [0.1, 0.15) is 22.1 Å². The number of benzene rings is 2.